The molecular formula is C17H27N3O. The summed E-state index contributed by atoms with van der Waals surface area (Å²) in [5, 5.41) is 6.43. The Labute approximate surface area is 127 Å². The third kappa shape index (κ3) is 5.14. The monoisotopic (exact) mass is 289 g/mol. The molecule has 2 rings (SSSR count). The molecule has 1 amide bonds. The van der Waals surface area contributed by atoms with Crippen molar-refractivity contribution in [3.63, 3.8) is 0 Å². The molecule has 0 atom stereocenters. The summed E-state index contributed by atoms with van der Waals surface area (Å²) in [6.07, 6.45) is 2.45. The maximum atomic E-state index is 11.0. The summed E-state index contributed by atoms with van der Waals surface area (Å²) >= 11 is 0. The van der Waals surface area contributed by atoms with E-state index in [1.165, 1.54) is 38.4 Å². The number of amides is 1. The zero-order chi connectivity index (χ0) is 15.2. The number of piperidine rings is 1. The van der Waals surface area contributed by atoms with E-state index in [4.69, 9.17) is 0 Å². The molecule has 0 radical (unpaired) electrons. The third-order valence-electron chi connectivity index (χ3n) is 4.13. The zero-order valence-electron chi connectivity index (χ0n) is 13.4. The van der Waals surface area contributed by atoms with E-state index in [1.807, 2.05) is 12.1 Å². The Balaban J connectivity index is 1.75. The van der Waals surface area contributed by atoms with Crippen LogP contribution in [0.15, 0.2) is 24.3 Å². The fourth-order valence-corrected chi connectivity index (χ4v) is 2.79. The summed E-state index contributed by atoms with van der Waals surface area (Å²) in [4.78, 5) is 13.5. The molecule has 4 heteroatoms. The highest BCUT2D eigenvalue weighted by molar-refractivity contribution is 5.88. The van der Waals surface area contributed by atoms with E-state index in [0.29, 0.717) is 12.1 Å². The van der Waals surface area contributed by atoms with E-state index in [-0.39, 0.29) is 5.91 Å². The molecule has 0 aromatic heterocycles. The van der Waals surface area contributed by atoms with Crippen LogP contribution in [-0.2, 0) is 11.3 Å². The largest absolute Gasteiger partial charge is 0.326 e. The molecule has 2 N–H and O–H groups in total. The number of hydrogen-bond donors (Lipinski definition) is 2. The molecule has 21 heavy (non-hydrogen) atoms. The fourth-order valence-electron chi connectivity index (χ4n) is 2.79. The van der Waals surface area contributed by atoms with Crippen molar-refractivity contribution >= 4 is 11.6 Å². The van der Waals surface area contributed by atoms with Crippen molar-refractivity contribution < 1.29 is 4.79 Å². The van der Waals surface area contributed by atoms with E-state index in [9.17, 15) is 4.79 Å². The number of carbonyl (C=O) groups excluding carboxylic acids is 1. The molecule has 0 unspecified atom stereocenters. The molecule has 1 aromatic rings. The predicted molar refractivity (Wildman–Crippen MR) is 87.3 cm³/mol. The van der Waals surface area contributed by atoms with Crippen molar-refractivity contribution in [2.45, 2.75) is 52.2 Å². The van der Waals surface area contributed by atoms with Gasteiger partial charge in [0.15, 0.2) is 0 Å². The number of nitrogens with one attached hydrogen (secondary N) is 2. The van der Waals surface area contributed by atoms with Crippen LogP contribution in [0.25, 0.3) is 0 Å². The minimum atomic E-state index is -0.0298. The van der Waals surface area contributed by atoms with Crippen LogP contribution < -0.4 is 10.6 Å². The van der Waals surface area contributed by atoms with Crippen LogP contribution in [0.4, 0.5) is 5.69 Å². The fraction of sp³-hybridized carbons (Fsp3) is 0.588. The summed E-state index contributed by atoms with van der Waals surface area (Å²) < 4.78 is 0. The SMILES string of the molecule is CC(=O)Nc1ccc(CNC2CCN(C(C)C)CC2)cc1. The molecule has 0 aliphatic carbocycles. The summed E-state index contributed by atoms with van der Waals surface area (Å²) in [7, 11) is 0. The van der Waals surface area contributed by atoms with Gasteiger partial charge >= 0.3 is 0 Å². The Morgan fingerprint density at radius 2 is 1.86 bits per heavy atom. The van der Waals surface area contributed by atoms with Gasteiger partial charge in [0.1, 0.15) is 0 Å². The van der Waals surface area contributed by atoms with Crippen molar-refractivity contribution in [2.75, 3.05) is 18.4 Å². The molecule has 0 bridgehead atoms. The van der Waals surface area contributed by atoms with E-state index in [2.05, 4.69) is 41.5 Å². The van der Waals surface area contributed by atoms with Crippen molar-refractivity contribution in [2.24, 2.45) is 0 Å². The van der Waals surface area contributed by atoms with Gasteiger partial charge < -0.3 is 15.5 Å². The second-order valence-corrected chi connectivity index (χ2v) is 6.16. The van der Waals surface area contributed by atoms with Crippen LogP contribution in [0.2, 0.25) is 0 Å². The summed E-state index contributed by atoms with van der Waals surface area (Å²) in [6, 6.07) is 9.34. The molecule has 0 saturated carbocycles. The Kier molecular flexibility index (Phi) is 5.76. The number of rotatable bonds is 5. The highest BCUT2D eigenvalue weighted by atomic mass is 16.1. The Bertz CT molecular complexity index is 448. The Morgan fingerprint density at radius 3 is 2.38 bits per heavy atom. The van der Waals surface area contributed by atoms with Crippen LogP contribution in [0, 0.1) is 0 Å². The molecule has 1 aliphatic heterocycles. The quantitative estimate of drug-likeness (QED) is 0.876. The summed E-state index contributed by atoms with van der Waals surface area (Å²) in [6.45, 7) is 9.34. The molecule has 0 spiro atoms. The lowest BCUT2D eigenvalue weighted by Crippen LogP contribution is -2.44. The number of nitrogens with zero attached hydrogens (tertiary/aromatic N) is 1. The smallest absolute Gasteiger partial charge is 0.221 e. The van der Waals surface area contributed by atoms with Gasteiger partial charge in [-0.05, 0) is 57.5 Å². The van der Waals surface area contributed by atoms with Gasteiger partial charge in [0.05, 0.1) is 0 Å². The molecule has 4 nitrogen and oxygen atoms in total. The van der Waals surface area contributed by atoms with Crippen LogP contribution >= 0.6 is 0 Å². The topological polar surface area (TPSA) is 44.4 Å². The summed E-state index contributed by atoms with van der Waals surface area (Å²) in [5.74, 6) is -0.0298. The number of hydrogen-bond acceptors (Lipinski definition) is 3. The van der Waals surface area contributed by atoms with Crippen molar-refractivity contribution in [3.05, 3.63) is 29.8 Å². The van der Waals surface area contributed by atoms with E-state index < -0.39 is 0 Å². The first-order valence-electron chi connectivity index (χ1n) is 7.88. The van der Waals surface area contributed by atoms with Crippen LogP contribution in [0.5, 0.6) is 0 Å². The highest BCUT2D eigenvalue weighted by Crippen LogP contribution is 2.14. The molecular weight excluding hydrogens is 262 g/mol. The van der Waals surface area contributed by atoms with Crippen LogP contribution in [-0.4, -0.2) is 36.0 Å². The predicted octanol–water partition coefficient (Wildman–Crippen LogP) is 2.61. The van der Waals surface area contributed by atoms with Gasteiger partial charge in [0.2, 0.25) is 5.91 Å². The first-order chi connectivity index (χ1) is 10.0. The van der Waals surface area contributed by atoms with Gasteiger partial charge in [-0.3, -0.25) is 4.79 Å². The molecule has 1 aromatic carbocycles. The van der Waals surface area contributed by atoms with Crippen molar-refractivity contribution in [3.8, 4) is 0 Å². The maximum absolute atomic E-state index is 11.0. The Hall–Kier alpha value is -1.39. The molecule has 1 aliphatic rings. The number of benzene rings is 1. The lowest BCUT2D eigenvalue weighted by atomic mass is 10.0. The van der Waals surface area contributed by atoms with E-state index in [1.54, 1.807) is 0 Å². The first-order valence-corrected chi connectivity index (χ1v) is 7.88. The van der Waals surface area contributed by atoms with Crippen molar-refractivity contribution in [1.29, 1.82) is 0 Å². The van der Waals surface area contributed by atoms with Crippen LogP contribution in [0.1, 0.15) is 39.2 Å². The second kappa shape index (κ2) is 7.57. The van der Waals surface area contributed by atoms with Crippen molar-refractivity contribution in [1.82, 2.24) is 10.2 Å². The van der Waals surface area contributed by atoms with Gasteiger partial charge in [-0.15, -0.1) is 0 Å². The molecule has 1 fully saturated rings. The number of carbonyl (C=O) groups is 1. The standard InChI is InChI=1S/C17H27N3O/c1-13(2)20-10-8-16(9-11-20)18-12-15-4-6-17(7-5-15)19-14(3)21/h4-7,13,16,18H,8-12H2,1-3H3,(H,19,21). The van der Waals surface area contributed by atoms with Gasteiger partial charge in [-0.25, -0.2) is 0 Å². The minimum absolute atomic E-state index is 0.0298. The van der Waals surface area contributed by atoms with E-state index >= 15 is 0 Å². The lowest BCUT2D eigenvalue weighted by Gasteiger charge is -2.35. The molecule has 1 saturated heterocycles. The van der Waals surface area contributed by atoms with Gasteiger partial charge in [-0.1, -0.05) is 12.1 Å². The van der Waals surface area contributed by atoms with Crippen LogP contribution in [0.3, 0.4) is 0 Å². The van der Waals surface area contributed by atoms with E-state index in [0.717, 1.165) is 12.2 Å². The second-order valence-electron chi connectivity index (χ2n) is 6.16. The average Bonchev–Trinajstić information content (AvgIpc) is 2.46. The third-order valence-corrected chi connectivity index (χ3v) is 4.13. The van der Waals surface area contributed by atoms with Gasteiger partial charge in [-0.2, -0.15) is 0 Å². The maximum Gasteiger partial charge on any atom is 0.221 e. The minimum Gasteiger partial charge on any atom is -0.326 e. The number of anilines is 1. The highest BCUT2D eigenvalue weighted by Gasteiger charge is 2.20. The normalized spacial score (nSPS) is 17.1. The number of likely N-dealkylation sites (tertiary alicyclic amines) is 1. The molecule has 116 valence electrons. The lowest BCUT2D eigenvalue weighted by molar-refractivity contribution is -0.114. The molecule has 1 heterocycles. The van der Waals surface area contributed by atoms with Gasteiger partial charge in [0, 0.05) is 31.2 Å². The first kappa shape index (κ1) is 16.0. The van der Waals surface area contributed by atoms with Gasteiger partial charge in [0.25, 0.3) is 0 Å². The Morgan fingerprint density at radius 1 is 1.24 bits per heavy atom. The zero-order valence-corrected chi connectivity index (χ0v) is 13.4. The average molecular weight is 289 g/mol. The summed E-state index contributed by atoms with van der Waals surface area (Å²) in [5.41, 5.74) is 2.12.